The van der Waals surface area contributed by atoms with Gasteiger partial charge in [-0.15, -0.1) is 0 Å². The highest BCUT2D eigenvalue weighted by Gasteiger charge is 2.16. The Morgan fingerprint density at radius 1 is 1.10 bits per heavy atom. The normalized spacial score (nSPS) is 11.9. The van der Waals surface area contributed by atoms with Crippen molar-refractivity contribution in [3.05, 3.63) is 64.1 Å². The number of nitrogens with one attached hydrogen (secondary N) is 1. The van der Waals surface area contributed by atoms with Gasteiger partial charge in [0.15, 0.2) is 0 Å². The first-order valence-corrected chi connectivity index (χ1v) is 7.42. The minimum atomic E-state index is 0.185. The van der Waals surface area contributed by atoms with Gasteiger partial charge in [-0.2, -0.15) is 5.26 Å². The summed E-state index contributed by atoms with van der Waals surface area (Å²) in [7, 11) is 0. The van der Waals surface area contributed by atoms with Crippen LogP contribution in [0.3, 0.4) is 0 Å². The van der Waals surface area contributed by atoms with E-state index in [-0.39, 0.29) is 6.04 Å². The van der Waals surface area contributed by atoms with E-state index in [0.29, 0.717) is 11.5 Å². The van der Waals surface area contributed by atoms with Crippen LogP contribution in [-0.2, 0) is 0 Å². The Balaban J connectivity index is 2.33. The Labute approximate surface area is 128 Å². The number of rotatable bonds is 4. The monoisotopic (exact) mass is 328 g/mol. The number of nitrogens with zero attached hydrogens (tertiary/aromatic N) is 1. The molecule has 0 saturated heterocycles. The van der Waals surface area contributed by atoms with Crippen LogP contribution < -0.4 is 5.32 Å². The lowest BCUT2D eigenvalue weighted by Gasteiger charge is -2.24. The summed E-state index contributed by atoms with van der Waals surface area (Å²) in [6, 6.07) is 18.5. The van der Waals surface area contributed by atoms with Crippen molar-refractivity contribution in [3.8, 4) is 6.07 Å². The van der Waals surface area contributed by atoms with Gasteiger partial charge in [0.1, 0.15) is 6.07 Å². The first kappa shape index (κ1) is 14.6. The molecule has 2 aromatic carbocycles. The number of hydrogen-bond donors (Lipinski definition) is 1. The van der Waals surface area contributed by atoms with Crippen LogP contribution in [0.4, 0.5) is 5.69 Å². The molecule has 0 fully saturated rings. The minimum absolute atomic E-state index is 0.185. The van der Waals surface area contributed by atoms with Crippen molar-refractivity contribution in [2.24, 2.45) is 5.92 Å². The van der Waals surface area contributed by atoms with Gasteiger partial charge in [0.05, 0.1) is 17.3 Å². The van der Waals surface area contributed by atoms with Gasteiger partial charge in [-0.25, -0.2) is 0 Å². The van der Waals surface area contributed by atoms with Gasteiger partial charge >= 0.3 is 0 Å². The van der Waals surface area contributed by atoms with Gasteiger partial charge in [-0.05, 0) is 29.7 Å². The molecule has 1 unspecified atom stereocenters. The van der Waals surface area contributed by atoms with Crippen LogP contribution in [0.5, 0.6) is 0 Å². The summed E-state index contributed by atoms with van der Waals surface area (Å²) < 4.78 is 0.917. The molecule has 0 aliphatic carbocycles. The highest BCUT2D eigenvalue weighted by atomic mass is 79.9. The predicted octanol–water partition coefficient (Wildman–Crippen LogP) is 5.13. The topological polar surface area (TPSA) is 35.8 Å². The molecule has 2 nitrogen and oxygen atoms in total. The first-order chi connectivity index (χ1) is 9.61. The maximum Gasteiger partial charge on any atom is 0.101 e. The van der Waals surface area contributed by atoms with E-state index in [9.17, 15) is 5.26 Å². The van der Waals surface area contributed by atoms with Crippen molar-refractivity contribution < 1.29 is 0 Å². The average molecular weight is 329 g/mol. The number of nitriles is 1. The van der Waals surface area contributed by atoms with Gasteiger partial charge in [-0.1, -0.05) is 60.1 Å². The van der Waals surface area contributed by atoms with Crippen LogP contribution in [0.2, 0.25) is 0 Å². The molecule has 0 spiro atoms. The second-order valence-electron chi connectivity index (χ2n) is 5.08. The molecule has 0 amide bonds. The van der Waals surface area contributed by atoms with E-state index in [1.807, 2.05) is 36.4 Å². The molecule has 3 heteroatoms. The lowest BCUT2D eigenvalue weighted by molar-refractivity contribution is 0.546. The molecule has 1 N–H and O–H groups in total. The quantitative estimate of drug-likeness (QED) is 0.844. The van der Waals surface area contributed by atoms with Gasteiger partial charge in [0.2, 0.25) is 0 Å². The Hall–Kier alpha value is -1.79. The molecule has 1 atom stereocenters. The molecule has 0 heterocycles. The molecular weight excluding hydrogens is 312 g/mol. The third-order valence-electron chi connectivity index (χ3n) is 3.24. The Bertz CT molecular complexity index is 615. The SMILES string of the molecule is CC(C)C(Nc1ccc(Br)cc1C#N)c1ccccc1. The van der Waals surface area contributed by atoms with Gasteiger partial charge < -0.3 is 5.32 Å². The zero-order valence-corrected chi connectivity index (χ0v) is 13.2. The van der Waals surface area contributed by atoms with Crippen molar-refractivity contribution in [3.63, 3.8) is 0 Å². The summed E-state index contributed by atoms with van der Waals surface area (Å²) in [6.07, 6.45) is 0. The molecule has 2 aromatic rings. The van der Waals surface area contributed by atoms with Crippen LogP contribution >= 0.6 is 15.9 Å². The predicted molar refractivity (Wildman–Crippen MR) is 86.5 cm³/mol. The summed E-state index contributed by atoms with van der Waals surface area (Å²) in [5.74, 6) is 0.424. The molecule has 20 heavy (non-hydrogen) atoms. The van der Waals surface area contributed by atoms with Gasteiger partial charge in [0.25, 0.3) is 0 Å². The Kier molecular flexibility index (Phi) is 4.81. The molecule has 102 valence electrons. The van der Waals surface area contributed by atoms with Crippen molar-refractivity contribution in [1.82, 2.24) is 0 Å². The largest absolute Gasteiger partial charge is 0.377 e. The van der Waals surface area contributed by atoms with Gasteiger partial charge in [0, 0.05) is 4.47 Å². The number of benzene rings is 2. The summed E-state index contributed by atoms with van der Waals surface area (Å²) in [6.45, 7) is 4.35. The summed E-state index contributed by atoms with van der Waals surface area (Å²) in [5, 5.41) is 12.8. The molecule has 2 rings (SSSR count). The standard InChI is InChI=1S/C17H17BrN2/c1-12(2)17(13-6-4-3-5-7-13)20-16-9-8-15(18)10-14(16)11-19/h3-10,12,17,20H,1-2H3. The van der Waals surface area contributed by atoms with Crippen molar-refractivity contribution >= 4 is 21.6 Å². The van der Waals surface area contributed by atoms with E-state index in [1.54, 1.807) is 0 Å². The van der Waals surface area contributed by atoms with Crippen molar-refractivity contribution in [1.29, 1.82) is 5.26 Å². The lowest BCUT2D eigenvalue weighted by atomic mass is 9.95. The molecular formula is C17H17BrN2. The first-order valence-electron chi connectivity index (χ1n) is 6.63. The van der Waals surface area contributed by atoms with Crippen LogP contribution in [0.1, 0.15) is 31.0 Å². The van der Waals surface area contributed by atoms with Crippen LogP contribution in [0.25, 0.3) is 0 Å². The highest BCUT2D eigenvalue weighted by molar-refractivity contribution is 9.10. The summed E-state index contributed by atoms with van der Waals surface area (Å²) in [5.41, 5.74) is 2.76. The summed E-state index contributed by atoms with van der Waals surface area (Å²) in [4.78, 5) is 0. The average Bonchev–Trinajstić information content (AvgIpc) is 2.46. The van der Waals surface area contributed by atoms with E-state index in [1.165, 1.54) is 5.56 Å². The summed E-state index contributed by atoms with van der Waals surface area (Å²) >= 11 is 3.40. The maximum absolute atomic E-state index is 9.25. The number of hydrogen-bond acceptors (Lipinski definition) is 2. The third-order valence-corrected chi connectivity index (χ3v) is 3.73. The highest BCUT2D eigenvalue weighted by Crippen LogP contribution is 2.29. The van der Waals surface area contributed by atoms with Crippen LogP contribution in [-0.4, -0.2) is 0 Å². The maximum atomic E-state index is 9.25. The fourth-order valence-corrected chi connectivity index (χ4v) is 2.56. The molecule has 0 saturated carbocycles. The third kappa shape index (κ3) is 3.40. The van der Waals surface area contributed by atoms with E-state index in [2.05, 4.69) is 53.3 Å². The van der Waals surface area contributed by atoms with Crippen molar-refractivity contribution in [2.45, 2.75) is 19.9 Å². The van der Waals surface area contributed by atoms with E-state index >= 15 is 0 Å². The van der Waals surface area contributed by atoms with Crippen molar-refractivity contribution in [2.75, 3.05) is 5.32 Å². The molecule has 0 aliphatic rings. The molecule has 0 aromatic heterocycles. The van der Waals surface area contributed by atoms with Crippen LogP contribution in [0.15, 0.2) is 53.0 Å². The Morgan fingerprint density at radius 3 is 2.40 bits per heavy atom. The van der Waals surface area contributed by atoms with Crippen LogP contribution in [0, 0.1) is 17.2 Å². The fourth-order valence-electron chi connectivity index (χ4n) is 2.20. The zero-order chi connectivity index (χ0) is 14.5. The minimum Gasteiger partial charge on any atom is -0.377 e. The zero-order valence-electron chi connectivity index (χ0n) is 11.6. The molecule has 0 bridgehead atoms. The van der Waals surface area contributed by atoms with E-state index in [4.69, 9.17) is 0 Å². The second-order valence-corrected chi connectivity index (χ2v) is 5.99. The number of halogens is 1. The Morgan fingerprint density at radius 2 is 1.80 bits per heavy atom. The van der Waals surface area contributed by atoms with E-state index in [0.717, 1.165) is 10.2 Å². The lowest BCUT2D eigenvalue weighted by Crippen LogP contribution is -2.17. The second kappa shape index (κ2) is 6.58. The number of anilines is 1. The van der Waals surface area contributed by atoms with E-state index < -0.39 is 0 Å². The fraction of sp³-hybridized carbons (Fsp3) is 0.235. The van der Waals surface area contributed by atoms with Gasteiger partial charge in [-0.3, -0.25) is 0 Å². The molecule has 0 radical (unpaired) electrons. The molecule has 0 aliphatic heterocycles. The smallest absolute Gasteiger partial charge is 0.101 e.